The van der Waals surface area contributed by atoms with E-state index in [1.54, 1.807) is 10.9 Å². The molecule has 8 nitrogen and oxygen atoms in total. The number of Topliss-reactive ketones (excluding diaryl/α,β-unsaturated/α-hetero) is 1. The van der Waals surface area contributed by atoms with Crippen molar-refractivity contribution in [2.45, 2.75) is 24.3 Å². The van der Waals surface area contributed by atoms with Crippen molar-refractivity contribution in [3.05, 3.63) is 71.0 Å². The molecule has 0 spiro atoms. The molecule has 3 aromatic rings. The van der Waals surface area contributed by atoms with Gasteiger partial charge in [-0.1, -0.05) is 11.6 Å². The Morgan fingerprint density at radius 1 is 1.21 bits per heavy atom. The molecule has 0 saturated heterocycles. The summed E-state index contributed by atoms with van der Waals surface area (Å²) in [6.07, 6.45) is 6.86. The van der Waals surface area contributed by atoms with Crippen LogP contribution < -0.4 is 4.72 Å². The maximum Gasteiger partial charge on any atom is 0.240 e. The van der Waals surface area contributed by atoms with E-state index in [2.05, 4.69) is 19.7 Å². The standard InChI is InChI=1S/C18H17ClFN5O3S/c1-25-10-12(23-11-25)2-5-18(26)17-9-21-13(7-22-17)8-24-29(27,28)14-3-4-16(20)15(19)6-14/h3-4,6-7,9-11,24H,2,5,8H2,1H3. The molecule has 2 heterocycles. The van der Waals surface area contributed by atoms with Crippen molar-refractivity contribution < 1.29 is 17.6 Å². The Morgan fingerprint density at radius 2 is 2.00 bits per heavy atom. The van der Waals surface area contributed by atoms with Crippen LogP contribution in [0.4, 0.5) is 4.39 Å². The molecule has 2 aromatic heterocycles. The number of aromatic nitrogens is 4. The second kappa shape index (κ2) is 8.76. The number of benzene rings is 1. The summed E-state index contributed by atoms with van der Waals surface area (Å²) in [7, 11) is -2.06. The zero-order chi connectivity index (χ0) is 21.0. The number of hydrogen-bond donors (Lipinski definition) is 1. The van der Waals surface area contributed by atoms with Gasteiger partial charge in [-0.25, -0.2) is 27.5 Å². The van der Waals surface area contributed by atoms with Gasteiger partial charge in [0.05, 0.1) is 46.6 Å². The van der Waals surface area contributed by atoms with Gasteiger partial charge in [-0.2, -0.15) is 0 Å². The van der Waals surface area contributed by atoms with Crippen LogP contribution in [0.3, 0.4) is 0 Å². The van der Waals surface area contributed by atoms with Gasteiger partial charge in [-0.3, -0.25) is 9.78 Å². The van der Waals surface area contributed by atoms with Crippen LogP contribution >= 0.6 is 11.6 Å². The minimum atomic E-state index is -3.91. The van der Waals surface area contributed by atoms with E-state index in [1.165, 1.54) is 12.4 Å². The van der Waals surface area contributed by atoms with Crippen molar-refractivity contribution in [3.8, 4) is 0 Å². The van der Waals surface area contributed by atoms with Crippen molar-refractivity contribution in [2.24, 2.45) is 7.05 Å². The lowest BCUT2D eigenvalue weighted by molar-refractivity contribution is 0.0977. The molecule has 3 rings (SSSR count). The highest BCUT2D eigenvalue weighted by Gasteiger charge is 2.16. The zero-order valence-corrected chi connectivity index (χ0v) is 16.9. The Hall–Kier alpha value is -2.69. The first kappa shape index (κ1) is 21.0. The first-order valence-corrected chi connectivity index (χ1v) is 10.4. The number of nitrogens with one attached hydrogen (secondary N) is 1. The first-order chi connectivity index (χ1) is 13.7. The van der Waals surface area contributed by atoms with Gasteiger partial charge in [0.15, 0.2) is 5.78 Å². The highest BCUT2D eigenvalue weighted by molar-refractivity contribution is 7.89. The third kappa shape index (κ3) is 5.43. The lowest BCUT2D eigenvalue weighted by atomic mass is 10.1. The highest BCUT2D eigenvalue weighted by Crippen LogP contribution is 2.19. The van der Waals surface area contributed by atoms with Gasteiger partial charge in [0.25, 0.3) is 0 Å². The normalized spacial score (nSPS) is 11.6. The predicted molar refractivity (Wildman–Crippen MR) is 103 cm³/mol. The minimum Gasteiger partial charge on any atom is -0.340 e. The third-order valence-corrected chi connectivity index (χ3v) is 5.69. The molecule has 0 unspecified atom stereocenters. The smallest absolute Gasteiger partial charge is 0.240 e. The largest absolute Gasteiger partial charge is 0.340 e. The molecule has 0 aliphatic rings. The van der Waals surface area contributed by atoms with Crippen LogP contribution in [0, 0.1) is 5.82 Å². The zero-order valence-electron chi connectivity index (χ0n) is 15.3. The third-order valence-electron chi connectivity index (χ3n) is 4.00. The molecule has 0 radical (unpaired) electrons. The average molecular weight is 438 g/mol. The van der Waals surface area contributed by atoms with Gasteiger partial charge < -0.3 is 4.57 Å². The fraction of sp³-hybridized carbons (Fsp3) is 0.222. The summed E-state index contributed by atoms with van der Waals surface area (Å²) in [5.41, 5.74) is 1.32. The fourth-order valence-electron chi connectivity index (χ4n) is 2.45. The summed E-state index contributed by atoms with van der Waals surface area (Å²) in [5, 5.41) is -0.291. The maximum absolute atomic E-state index is 13.2. The van der Waals surface area contributed by atoms with Crippen molar-refractivity contribution in [3.63, 3.8) is 0 Å². The number of hydrogen-bond acceptors (Lipinski definition) is 6. The van der Waals surface area contributed by atoms with Crippen LogP contribution in [0.25, 0.3) is 0 Å². The van der Waals surface area contributed by atoms with Crippen molar-refractivity contribution >= 4 is 27.4 Å². The Morgan fingerprint density at radius 3 is 2.62 bits per heavy atom. The van der Waals surface area contributed by atoms with Gasteiger partial charge >= 0.3 is 0 Å². The van der Waals surface area contributed by atoms with E-state index in [1.807, 2.05) is 13.2 Å². The number of nitrogens with zero attached hydrogens (tertiary/aromatic N) is 4. The topological polar surface area (TPSA) is 107 Å². The predicted octanol–water partition coefficient (Wildman–Crippen LogP) is 2.30. The summed E-state index contributed by atoms with van der Waals surface area (Å²) in [5.74, 6) is -0.893. The second-order valence-corrected chi connectivity index (χ2v) is 8.42. The molecular weight excluding hydrogens is 421 g/mol. The van der Waals surface area contributed by atoms with Crippen LogP contribution in [0.5, 0.6) is 0 Å². The Balaban J connectivity index is 1.58. The fourth-order valence-corrected chi connectivity index (χ4v) is 3.72. The van der Waals surface area contributed by atoms with Crippen LogP contribution in [-0.4, -0.2) is 33.7 Å². The number of aryl methyl sites for hydroxylation is 2. The van der Waals surface area contributed by atoms with Crippen molar-refractivity contribution in [2.75, 3.05) is 0 Å². The summed E-state index contributed by atoms with van der Waals surface area (Å²) in [4.78, 5) is 24.3. The maximum atomic E-state index is 13.2. The number of carbonyl (C=O) groups is 1. The van der Waals surface area contributed by atoms with Crippen LogP contribution in [-0.2, 0) is 30.0 Å². The Labute approximate surface area is 171 Å². The second-order valence-electron chi connectivity index (χ2n) is 6.25. The lowest BCUT2D eigenvalue weighted by Gasteiger charge is -2.07. The summed E-state index contributed by atoms with van der Waals surface area (Å²) in [6.45, 7) is -0.146. The van der Waals surface area contributed by atoms with E-state index in [4.69, 9.17) is 11.6 Å². The molecule has 0 bridgehead atoms. The van der Waals surface area contributed by atoms with Gasteiger partial charge in [-0.15, -0.1) is 0 Å². The molecule has 0 saturated carbocycles. The summed E-state index contributed by atoms with van der Waals surface area (Å²) >= 11 is 5.62. The summed E-state index contributed by atoms with van der Waals surface area (Å²) < 4.78 is 41.9. The number of rotatable bonds is 8. The summed E-state index contributed by atoms with van der Waals surface area (Å²) in [6, 6.07) is 3.11. The molecule has 11 heteroatoms. The number of ketones is 1. The molecule has 0 amide bonds. The Kier molecular flexibility index (Phi) is 6.36. The molecular formula is C18H17ClFN5O3S. The molecule has 0 aliphatic carbocycles. The number of carbonyl (C=O) groups excluding carboxylic acids is 1. The number of halogens is 2. The molecule has 1 N–H and O–H groups in total. The average Bonchev–Trinajstić information content (AvgIpc) is 3.12. The minimum absolute atomic E-state index is 0.146. The molecule has 0 fully saturated rings. The van der Waals surface area contributed by atoms with E-state index < -0.39 is 15.8 Å². The highest BCUT2D eigenvalue weighted by atomic mass is 35.5. The van der Waals surface area contributed by atoms with Crippen LogP contribution in [0.15, 0.2) is 48.0 Å². The molecule has 0 aliphatic heterocycles. The van der Waals surface area contributed by atoms with Crippen molar-refractivity contribution in [1.29, 1.82) is 0 Å². The lowest BCUT2D eigenvalue weighted by Crippen LogP contribution is -2.24. The number of sulfonamides is 1. The van der Waals surface area contributed by atoms with Crippen LogP contribution in [0.2, 0.25) is 5.02 Å². The van der Waals surface area contributed by atoms with Gasteiger partial charge in [0.1, 0.15) is 11.5 Å². The quantitative estimate of drug-likeness (QED) is 0.542. The molecule has 0 atom stereocenters. The van der Waals surface area contributed by atoms with Gasteiger partial charge in [0, 0.05) is 19.7 Å². The SMILES string of the molecule is Cn1cnc(CCC(=O)c2cnc(CNS(=O)(=O)c3ccc(F)c(Cl)c3)cn2)c1. The molecule has 1 aromatic carbocycles. The number of imidazole rings is 1. The van der Waals surface area contributed by atoms with E-state index in [0.29, 0.717) is 12.1 Å². The monoisotopic (exact) mass is 437 g/mol. The van der Waals surface area contributed by atoms with E-state index in [0.717, 1.165) is 23.9 Å². The van der Waals surface area contributed by atoms with E-state index in [-0.39, 0.29) is 34.4 Å². The van der Waals surface area contributed by atoms with Crippen molar-refractivity contribution in [1.82, 2.24) is 24.2 Å². The van der Waals surface area contributed by atoms with Gasteiger partial charge in [-0.05, 0) is 24.6 Å². The van der Waals surface area contributed by atoms with Gasteiger partial charge in [0.2, 0.25) is 10.0 Å². The molecule has 29 heavy (non-hydrogen) atoms. The first-order valence-electron chi connectivity index (χ1n) is 8.50. The van der Waals surface area contributed by atoms with E-state index >= 15 is 0 Å². The van der Waals surface area contributed by atoms with E-state index in [9.17, 15) is 17.6 Å². The molecule has 152 valence electrons. The Bertz CT molecular complexity index is 1130. The van der Waals surface area contributed by atoms with Crippen LogP contribution in [0.1, 0.15) is 28.3 Å².